The van der Waals surface area contributed by atoms with Crippen LogP contribution in [0, 0.1) is 5.92 Å². The van der Waals surface area contributed by atoms with Crippen LogP contribution in [-0.2, 0) is 4.79 Å². The Morgan fingerprint density at radius 3 is 2.65 bits per heavy atom. The van der Waals surface area contributed by atoms with Crippen molar-refractivity contribution in [1.82, 2.24) is 15.0 Å². The van der Waals surface area contributed by atoms with Crippen LogP contribution in [0.5, 0.6) is 5.75 Å². The average Bonchev–Trinajstić information content (AvgIpc) is 2.97. The maximum absolute atomic E-state index is 11.1. The van der Waals surface area contributed by atoms with Crippen molar-refractivity contribution in [2.24, 2.45) is 5.92 Å². The molecular formula is C19H22N4O2S. The normalized spacial score (nSPS) is 11.2. The second-order valence-corrected chi connectivity index (χ2v) is 7.72. The van der Waals surface area contributed by atoms with E-state index in [1.807, 2.05) is 30.0 Å². The molecule has 1 heterocycles. The zero-order chi connectivity index (χ0) is 18.7. The van der Waals surface area contributed by atoms with Crippen LogP contribution in [-0.4, -0.2) is 31.8 Å². The van der Waals surface area contributed by atoms with Crippen molar-refractivity contribution in [1.29, 1.82) is 0 Å². The average molecular weight is 370 g/mol. The molecule has 1 aromatic heterocycles. The van der Waals surface area contributed by atoms with Gasteiger partial charge in [0.15, 0.2) is 0 Å². The van der Waals surface area contributed by atoms with Gasteiger partial charge in [-0.1, -0.05) is 13.8 Å². The van der Waals surface area contributed by atoms with Gasteiger partial charge in [-0.3, -0.25) is 4.79 Å². The molecule has 3 rings (SSSR count). The summed E-state index contributed by atoms with van der Waals surface area (Å²) in [7, 11) is 0. The minimum Gasteiger partial charge on any atom is -0.506 e. The molecule has 0 atom stereocenters. The molecule has 0 fully saturated rings. The summed E-state index contributed by atoms with van der Waals surface area (Å²) in [5.41, 5.74) is 2.54. The molecule has 0 bridgehead atoms. The topological polar surface area (TPSA) is 80.0 Å². The number of nitrogens with one attached hydrogen (secondary N) is 1. The number of carbonyl (C=O) groups excluding carboxylic acids is 1. The molecule has 0 spiro atoms. The number of aromatic nitrogens is 3. The molecule has 2 aromatic carbocycles. The van der Waals surface area contributed by atoms with Gasteiger partial charge in [-0.25, -0.2) is 0 Å². The maximum atomic E-state index is 11.1. The van der Waals surface area contributed by atoms with E-state index >= 15 is 0 Å². The van der Waals surface area contributed by atoms with E-state index in [9.17, 15) is 9.90 Å². The van der Waals surface area contributed by atoms with Crippen molar-refractivity contribution in [3.63, 3.8) is 0 Å². The summed E-state index contributed by atoms with van der Waals surface area (Å²) in [5, 5.41) is 21.8. The second kappa shape index (κ2) is 7.78. The van der Waals surface area contributed by atoms with Crippen molar-refractivity contribution in [3.8, 4) is 11.4 Å². The van der Waals surface area contributed by atoms with Gasteiger partial charge in [0.2, 0.25) is 5.91 Å². The third-order valence-electron chi connectivity index (χ3n) is 3.83. The molecule has 26 heavy (non-hydrogen) atoms. The highest BCUT2D eigenvalue weighted by Crippen LogP contribution is 2.27. The lowest BCUT2D eigenvalue weighted by Crippen LogP contribution is -2.06. The van der Waals surface area contributed by atoms with Gasteiger partial charge >= 0.3 is 0 Å². The number of hydrogen-bond donors (Lipinski definition) is 2. The van der Waals surface area contributed by atoms with Gasteiger partial charge in [-0.2, -0.15) is 0 Å². The number of carbonyl (C=O) groups is 1. The summed E-state index contributed by atoms with van der Waals surface area (Å²) < 4.78 is 0. The standard InChI is InChI=1S/C19H22N4O2S/c1-12(2)8-9-26-15-5-6-16-17(11-15)22-23(21-16)18-7-4-14(10-19(18)25)20-13(3)24/h4-7,10-12,25H,8-9H2,1-3H3,(H,20,24). The zero-order valence-electron chi connectivity index (χ0n) is 15.1. The van der Waals surface area contributed by atoms with Gasteiger partial charge in [0.1, 0.15) is 22.5 Å². The van der Waals surface area contributed by atoms with Gasteiger partial charge in [-0.15, -0.1) is 26.8 Å². The summed E-state index contributed by atoms with van der Waals surface area (Å²) in [4.78, 5) is 13.7. The Bertz CT molecular complexity index is 936. The number of amides is 1. The number of phenolic OH excluding ortho intramolecular Hbond substituents is 1. The van der Waals surface area contributed by atoms with Crippen LogP contribution in [0.3, 0.4) is 0 Å². The highest BCUT2D eigenvalue weighted by Gasteiger charge is 2.11. The number of phenols is 1. The van der Waals surface area contributed by atoms with E-state index in [0.29, 0.717) is 17.3 Å². The van der Waals surface area contributed by atoms with Crippen LogP contribution >= 0.6 is 11.8 Å². The first kappa shape index (κ1) is 18.3. The molecule has 6 nitrogen and oxygen atoms in total. The maximum Gasteiger partial charge on any atom is 0.221 e. The number of hydrogen-bond acceptors (Lipinski definition) is 5. The third-order valence-corrected chi connectivity index (χ3v) is 4.85. The van der Waals surface area contributed by atoms with E-state index in [1.165, 1.54) is 24.2 Å². The van der Waals surface area contributed by atoms with Crippen molar-refractivity contribution in [2.75, 3.05) is 11.1 Å². The molecule has 0 radical (unpaired) electrons. The monoisotopic (exact) mass is 370 g/mol. The van der Waals surface area contributed by atoms with Crippen molar-refractivity contribution in [2.45, 2.75) is 32.1 Å². The Morgan fingerprint density at radius 2 is 1.96 bits per heavy atom. The molecule has 136 valence electrons. The predicted molar refractivity (Wildman–Crippen MR) is 105 cm³/mol. The fraction of sp³-hybridized carbons (Fsp3) is 0.316. The van der Waals surface area contributed by atoms with Crippen molar-refractivity contribution >= 4 is 34.4 Å². The summed E-state index contributed by atoms with van der Waals surface area (Å²) >= 11 is 1.81. The molecular weight excluding hydrogens is 348 g/mol. The number of aromatic hydroxyl groups is 1. The van der Waals surface area contributed by atoms with Crippen LogP contribution < -0.4 is 5.32 Å². The third kappa shape index (κ3) is 4.35. The lowest BCUT2D eigenvalue weighted by atomic mass is 10.2. The molecule has 0 aliphatic rings. The summed E-state index contributed by atoms with van der Waals surface area (Å²) in [6, 6.07) is 10.9. The van der Waals surface area contributed by atoms with Crippen molar-refractivity contribution < 1.29 is 9.90 Å². The smallest absolute Gasteiger partial charge is 0.221 e. The van der Waals surface area contributed by atoms with Gasteiger partial charge in [-0.05, 0) is 48.4 Å². The second-order valence-electron chi connectivity index (χ2n) is 6.56. The van der Waals surface area contributed by atoms with E-state index in [4.69, 9.17) is 0 Å². The largest absolute Gasteiger partial charge is 0.506 e. The lowest BCUT2D eigenvalue weighted by Gasteiger charge is -2.06. The molecule has 0 saturated heterocycles. The molecule has 0 aliphatic carbocycles. The quantitative estimate of drug-likeness (QED) is 0.635. The summed E-state index contributed by atoms with van der Waals surface area (Å²) in [6.45, 7) is 5.86. The van der Waals surface area contributed by atoms with Gasteiger partial charge < -0.3 is 10.4 Å². The van der Waals surface area contributed by atoms with E-state index in [0.717, 1.165) is 21.7 Å². The number of nitrogens with zero attached hydrogens (tertiary/aromatic N) is 3. The van der Waals surface area contributed by atoms with Crippen LogP contribution in [0.4, 0.5) is 5.69 Å². The molecule has 0 aliphatic heterocycles. The highest BCUT2D eigenvalue weighted by atomic mass is 32.2. The molecule has 2 N–H and O–H groups in total. The summed E-state index contributed by atoms with van der Waals surface area (Å²) in [6.07, 6.45) is 1.17. The first-order valence-electron chi connectivity index (χ1n) is 8.53. The molecule has 0 unspecified atom stereocenters. The Hall–Kier alpha value is -2.54. The first-order valence-corrected chi connectivity index (χ1v) is 9.52. The SMILES string of the molecule is CC(=O)Nc1ccc(-n2nc3ccc(SCCC(C)C)cc3n2)c(O)c1. The number of thioether (sulfide) groups is 1. The van der Waals surface area contributed by atoms with Gasteiger partial charge in [0.25, 0.3) is 0 Å². The van der Waals surface area contributed by atoms with Gasteiger partial charge in [0, 0.05) is 23.6 Å². The van der Waals surface area contributed by atoms with E-state index in [-0.39, 0.29) is 11.7 Å². The minimum atomic E-state index is -0.192. The Balaban J connectivity index is 1.83. The Labute approximate surface area is 156 Å². The number of benzene rings is 2. The molecule has 1 amide bonds. The zero-order valence-corrected chi connectivity index (χ0v) is 15.9. The number of rotatable bonds is 6. The van der Waals surface area contributed by atoms with E-state index < -0.39 is 0 Å². The minimum absolute atomic E-state index is 0.00286. The van der Waals surface area contributed by atoms with Crippen molar-refractivity contribution in [3.05, 3.63) is 36.4 Å². The van der Waals surface area contributed by atoms with E-state index in [1.54, 1.807) is 12.1 Å². The molecule has 3 aromatic rings. The number of anilines is 1. The fourth-order valence-corrected chi connectivity index (χ4v) is 3.66. The van der Waals surface area contributed by atoms with Crippen LogP contribution in [0.1, 0.15) is 27.2 Å². The van der Waals surface area contributed by atoms with Gasteiger partial charge in [0.05, 0.1) is 0 Å². The van der Waals surface area contributed by atoms with Crippen LogP contribution in [0.2, 0.25) is 0 Å². The predicted octanol–water partition coefficient (Wildman–Crippen LogP) is 4.22. The first-order chi connectivity index (χ1) is 12.4. The lowest BCUT2D eigenvalue weighted by molar-refractivity contribution is -0.114. The molecule has 7 heteroatoms. The Kier molecular flexibility index (Phi) is 5.46. The van der Waals surface area contributed by atoms with Crippen LogP contribution in [0.25, 0.3) is 16.7 Å². The summed E-state index contributed by atoms with van der Waals surface area (Å²) in [5.74, 6) is 1.57. The fourth-order valence-electron chi connectivity index (χ4n) is 2.48. The Morgan fingerprint density at radius 1 is 1.19 bits per heavy atom. The molecule has 0 saturated carbocycles. The number of fused-ring (bicyclic) bond motifs is 1. The van der Waals surface area contributed by atoms with E-state index in [2.05, 4.69) is 29.4 Å². The highest BCUT2D eigenvalue weighted by molar-refractivity contribution is 7.99. The van der Waals surface area contributed by atoms with Crippen LogP contribution in [0.15, 0.2) is 41.3 Å².